The highest BCUT2D eigenvalue weighted by atomic mass is 16.5. The molecule has 0 radical (unpaired) electrons. The zero-order valence-corrected chi connectivity index (χ0v) is 13.0. The van der Waals surface area contributed by atoms with Crippen molar-refractivity contribution < 1.29 is 14.9 Å². The molecule has 0 saturated carbocycles. The van der Waals surface area contributed by atoms with Gasteiger partial charge >= 0.3 is 0 Å². The van der Waals surface area contributed by atoms with Crippen molar-refractivity contribution in [3.05, 3.63) is 28.8 Å². The van der Waals surface area contributed by atoms with Crippen LogP contribution >= 0.6 is 0 Å². The molecule has 112 valence electrons. The molecule has 4 heteroatoms. The first-order valence-electron chi connectivity index (χ1n) is 7.07. The van der Waals surface area contributed by atoms with E-state index in [-0.39, 0.29) is 12.6 Å². The molecule has 0 aliphatic carbocycles. The van der Waals surface area contributed by atoms with E-state index in [1.54, 1.807) is 0 Å². The summed E-state index contributed by atoms with van der Waals surface area (Å²) >= 11 is 0. The average Bonchev–Trinajstić information content (AvgIpc) is 2.31. The summed E-state index contributed by atoms with van der Waals surface area (Å²) in [6, 6.07) is 3.87. The quantitative estimate of drug-likeness (QED) is 0.886. The average molecular weight is 279 g/mol. The van der Waals surface area contributed by atoms with Crippen LogP contribution in [0.2, 0.25) is 0 Å². The topological polar surface area (TPSA) is 52.9 Å². The standard InChI is InChI=1S/C16H25NO3/c1-10-8-11(2)14-12(9-10)13(19)15(16(3,4)20-14)17(5)6-7-18/h8-9,13,15,18-19H,6-7H2,1-5H3. The minimum Gasteiger partial charge on any atom is -0.485 e. The molecule has 1 aromatic rings. The molecular formula is C16H25NO3. The van der Waals surface area contributed by atoms with E-state index in [4.69, 9.17) is 9.84 Å². The zero-order valence-electron chi connectivity index (χ0n) is 13.0. The van der Waals surface area contributed by atoms with E-state index >= 15 is 0 Å². The molecule has 0 spiro atoms. The van der Waals surface area contributed by atoms with Crippen LogP contribution in [0, 0.1) is 13.8 Å². The van der Waals surface area contributed by atoms with Gasteiger partial charge in [0.05, 0.1) is 12.6 Å². The number of rotatable bonds is 3. The highest BCUT2D eigenvalue weighted by Gasteiger charge is 2.45. The van der Waals surface area contributed by atoms with Gasteiger partial charge in [-0.3, -0.25) is 4.90 Å². The fourth-order valence-electron chi connectivity index (χ4n) is 3.29. The Morgan fingerprint density at radius 2 is 1.95 bits per heavy atom. The number of aryl methyl sites for hydroxylation is 2. The molecule has 2 atom stereocenters. The van der Waals surface area contributed by atoms with Crippen LogP contribution in [0.5, 0.6) is 5.75 Å². The smallest absolute Gasteiger partial charge is 0.128 e. The summed E-state index contributed by atoms with van der Waals surface area (Å²) in [5, 5.41) is 19.9. The molecule has 2 unspecified atom stereocenters. The third-order valence-electron chi connectivity index (χ3n) is 4.07. The summed E-state index contributed by atoms with van der Waals surface area (Å²) in [5.74, 6) is 0.793. The van der Waals surface area contributed by atoms with Crippen LogP contribution in [0.15, 0.2) is 12.1 Å². The Balaban J connectivity index is 2.48. The van der Waals surface area contributed by atoms with Crippen LogP contribution in [0.1, 0.15) is 36.6 Å². The number of ether oxygens (including phenoxy) is 1. The van der Waals surface area contributed by atoms with Gasteiger partial charge in [-0.25, -0.2) is 0 Å². The molecule has 2 rings (SSSR count). The van der Waals surface area contributed by atoms with Gasteiger partial charge in [-0.2, -0.15) is 0 Å². The SMILES string of the molecule is Cc1cc(C)c2c(c1)C(O)C(N(C)CCO)C(C)(C)O2. The van der Waals surface area contributed by atoms with Gasteiger partial charge < -0.3 is 14.9 Å². The second-order valence-corrected chi connectivity index (χ2v) is 6.30. The van der Waals surface area contributed by atoms with Crippen molar-refractivity contribution >= 4 is 0 Å². The van der Waals surface area contributed by atoms with E-state index in [0.29, 0.717) is 6.54 Å². The van der Waals surface area contributed by atoms with Crippen molar-refractivity contribution in [1.82, 2.24) is 4.90 Å². The van der Waals surface area contributed by atoms with Crippen LogP contribution in [-0.2, 0) is 0 Å². The number of aliphatic hydroxyl groups is 2. The highest BCUT2D eigenvalue weighted by molar-refractivity contribution is 5.47. The summed E-state index contributed by atoms with van der Waals surface area (Å²) in [4.78, 5) is 1.96. The normalized spacial score (nSPS) is 24.4. The van der Waals surface area contributed by atoms with Crippen LogP contribution in [0.25, 0.3) is 0 Å². The van der Waals surface area contributed by atoms with E-state index in [0.717, 1.165) is 22.4 Å². The van der Waals surface area contributed by atoms with Gasteiger partial charge in [0.25, 0.3) is 0 Å². The van der Waals surface area contributed by atoms with Crippen molar-refractivity contribution in [3.8, 4) is 5.75 Å². The molecule has 20 heavy (non-hydrogen) atoms. The minimum absolute atomic E-state index is 0.0650. The molecule has 0 saturated heterocycles. The maximum Gasteiger partial charge on any atom is 0.128 e. The summed E-state index contributed by atoms with van der Waals surface area (Å²) < 4.78 is 6.17. The second-order valence-electron chi connectivity index (χ2n) is 6.30. The van der Waals surface area contributed by atoms with E-state index < -0.39 is 11.7 Å². The number of hydrogen-bond donors (Lipinski definition) is 2. The Morgan fingerprint density at radius 1 is 1.30 bits per heavy atom. The monoisotopic (exact) mass is 279 g/mol. The molecule has 0 aromatic heterocycles. The van der Waals surface area contributed by atoms with Gasteiger partial charge in [0, 0.05) is 12.1 Å². The van der Waals surface area contributed by atoms with Crippen molar-refractivity contribution in [2.45, 2.75) is 45.4 Å². The summed E-state index contributed by atoms with van der Waals surface area (Å²) in [6.07, 6.45) is -0.621. The van der Waals surface area contributed by atoms with Crippen LogP contribution < -0.4 is 4.74 Å². The van der Waals surface area contributed by atoms with Crippen LogP contribution in [0.4, 0.5) is 0 Å². The van der Waals surface area contributed by atoms with E-state index in [9.17, 15) is 5.11 Å². The molecule has 0 amide bonds. The maximum absolute atomic E-state index is 10.8. The Bertz CT molecular complexity index is 499. The fourth-order valence-corrected chi connectivity index (χ4v) is 3.29. The first-order valence-corrected chi connectivity index (χ1v) is 7.07. The van der Waals surface area contributed by atoms with E-state index in [1.807, 2.05) is 45.7 Å². The lowest BCUT2D eigenvalue weighted by molar-refractivity contribution is -0.0776. The molecule has 1 aromatic carbocycles. The van der Waals surface area contributed by atoms with Gasteiger partial charge in [-0.05, 0) is 46.4 Å². The third kappa shape index (κ3) is 2.55. The van der Waals surface area contributed by atoms with E-state index in [2.05, 4.69) is 6.07 Å². The summed E-state index contributed by atoms with van der Waals surface area (Å²) in [7, 11) is 1.91. The maximum atomic E-state index is 10.8. The lowest BCUT2D eigenvalue weighted by Crippen LogP contribution is -2.57. The second kappa shape index (κ2) is 5.35. The van der Waals surface area contributed by atoms with Crippen molar-refractivity contribution in [1.29, 1.82) is 0 Å². The van der Waals surface area contributed by atoms with Crippen LogP contribution in [0.3, 0.4) is 0 Å². The Morgan fingerprint density at radius 3 is 2.55 bits per heavy atom. The first-order chi connectivity index (χ1) is 9.27. The lowest BCUT2D eigenvalue weighted by atomic mass is 9.83. The molecular weight excluding hydrogens is 254 g/mol. The molecule has 0 fully saturated rings. The predicted octanol–water partition coefficient (Wildman–Crippen LogP) is 1.80. The van der Waals surface area contributed by atoms with E-state index in [1.165, 1.54) is 0 Å². The van der Waals surface area contributed by atoms with Gasteiger partial charge in [0.1, 0.15) is 17.5 Å². The summed E-state index contributed by atoms with van der Waals surface area (Å²) in [5.41, 5.74) is 2.50. The van der Waals surface area contributed by atoms with Crippen molar-refractivity contribution in [3.63, 3.8) is 0 Å². The molecule has 1 aliphatic rings. The summed E-state index contributed by atoms with van der Waals surface area (Å²) in [6.45, 7) is 8.57. The highest BCUT2D eigenvalue weighted by Crippen LogP contribution is 2.43. The fraction of sp³-hybridized carbons (Fsp3) is 0.625. The number of aliphatic hydroxyl groups excluding tert-OH is 2. The number of benzene rings is 1. The van der Waals surface area contributed by atoms with Crippen molar-refractivity contribution in [2.24, 2.45) is 0 Å². The third-order valence-corrected chi connectivity index (χ3v) is 4.07. The number of nitrogens with zero attached hydrogens (tertiary/aromatic N) is 1. The molecule has 0 bridgehead atoms. The number of fused-ring (bicyclic) bond motifs is 1. The zero-order chi connectivity index (χ0) is 15.1. The first kappa shape index (κ1) is 15.3. The largest absolute Gasteiger partial charge is 0.485 e. The van der Waals surface area contributed by atoms with Gasteiger partial charge in [-0.1, -0.05) is 11.6 Å². The minimum atomic E-state index is -0.621. The Labute approximate surface area is 121 Å². The van der Waals surface area contributed by atoms with Gasteiger partial charge in [0.2, 0.25) is 0 Å². The molecule has 4 nitrogen and oxygen atoms in total. The van der Waals surface area contributed by atoms with Crippen molar-refractivity contribution in [2.75, 3.05) is 20.2 Å². The Hall–Kier alpha value is -1.10. The number of likely N-dealkylation sites (N-methyl/N-ethyl adjacent to an activating group) is 1. The Kier molecular flexibility index (Phi) is 4.09. The predicted molar refractivity (Wildman–Crippen MR) is 79.1 cm³/mol. The molecule has 1 aliphatic heterocycles. The van der Waals surface area contributed by atoms with Gasteiger partial charge in [0.15, 0.2) is 0 Å². The lowest BCUT2D eigenvalue weighted by Gasteiger charge is -2.47. The van der Waals surface area contributed by atoms with Crippen LogP contribution in [-0.4, -0.2) is 47.0 Å². The number of hydrogen-bond acceptors (Lipinski definition) is 4. The molecule has 1 heterocycles. The molecule has 2 N–H and O–H groups in total. The van der Waals surface area contributed by atoms with Gasteiger partial charge in [-0.15, -0.1) is 0 Å².